The van der Waals surface area contributed by atoms with Crippen LogP contribution < -0.4 is 20.7 Å². The Morgan fingerprint density at radius 1 is 1.06 bits per heavy atom. The molecule has 2 aliphatic rings. The molecule has 0 bridgehead atoms. The lowest BCUT2D eigenvalue weighted by Crippen LogP contribution is -2.42. The van der Waals surface area contributed by atoms with E-state index in [1.54, 1.807) is 6.07 Å². The number of carbonyl (C=O) groups is 1. The van der Waals surface area contributed by atoms with E-state index in [-0.39, 0.29) is 29.6 Å². The maximum Gasteiger partial charge on any atom is 0.251 e. The van der Waals surface area contributed by atoms with Gasteiger partial charge in [0, 0.05) is 23.7 Å². The molecule has 4 rings (SSSR count). The Bertz CT molecular complexity index is 912. The molecule has 3 N–H and O–H groups in total. The number of rotatable bonds is 7. The molecular formula is C26H34FN3O2. The third kappa shape index (κ3) is 5.48. The van der Waals surface area contributed by atoms with Gasteiger partial charge in [-0.1, -0.05) is 18.2 Å². The molecule has 2 fully saturated rings. The van der Waals surface area contributed by atoms with E-state index >= 15 is 0 Å². The van der Waals surface area contributed by atoms with Gasteiger partial charge in [-0.15, -0.1) is 0 Å². The number of hydrogen-bond donors (Lipinski definition) is 3. The van der Waals surface area contributed by atoms with Crippen LogP contribution in [0.4, 0.5) is 4.39 Å². The predicted molar refractivity (Wildman–Crippen MR) is 125 cm³/mol. The molecule has 1 aliphatic carbocycles. The first-order chi connectivity index (χ1) is 15.5. The van der Waals surface area contributed by atoms with Crippen molar-refractivity contribution in [1.29, 1.82) is 0 Å². The molecule has 2 aromatic rings. The molecule has 1 saturated heterocycles. The fourth-order valence-electron chi connectivity index (χ4n) is 4.97. The van der Waals surface area contributed by atoms with Crippen LogP contribution in [0.2, 0.25) is 0 Å². The van der Waals surface area contributed by atoms with Crippen molar-refractivity contribution in [3.05, 3.63) is 65.0 Å². The lowest BCUT2D eigenvalue weighted by Gasteiger charge is -2.23. The second-order valence-corrected chi connectivity index (χ2v) is 9.11. The van der Waals surface area contributed by atoms with Gasteiger partial charge in [-0.2, -0.15) is 0 Å². The van der Waals surface area contributed by atoms with Crippen LogP contribution in [0, 0.1) is 5.82 Å². The fraction of sp³-hybridized carbons (Fsp3) is 0.500. The quantitative estimate of drug-likeness (QED) is 0.602. The smallest absolute Gasteiger partial charge is 0.251 e. The van der Waals surface area contributed by atoms with Gasteiger partial charge in [-0.25, -0.2) is 4.39 Å². The van der Waals surface area contributed by atoms with Crippen LogP contribution in [-0.4, -0.2) is 38.2 Å². The van der Waals surface area contributed by atoms with Gasteiger partial charge in [0.05, 0.1) is 7.11 Å². The normalized spacial score (nSPS) is 22.5. The summed E-state index contributed by atoms with van der Waals surface area (Å²) in [7, 11) is 1.49. The molecule has 1 saturated carbocycles. The molecule has 0 aromatic heterocycles. The van der Waals surface area contributed by atoms with Gasteiger partial charge in [0.15, 0.2) is 11.6 Å². The average Bonchev–Trinajstić information content (AvgIpc) is 3.28. The highest BCUT2D eigenvalue weighted by Crippen LogP contribution is 2.36. The van der Waals surface area contributed by atoms with Crippen molar-refractivity contribution < 1.29 is 13.9 Å². The van der Waals surface area contributed by atoms with Crippen LogP contribution in [0.3, 0.4) is 0 Å². The zero-order valence-corrected chi connectivity index (χ0v) is 19.0. The molecule has 3 atom stereocenters. The minimum absolute atomic E-state index is 0.0259. The number of hydrogen-bond acceptors (Lipinski definition) is 4. The number of benzene rings is 2. The summed E-state index contributed by atoms with van der Waals surface area (Å²) in [6.07, 6.45) is 5.26. The van der Waals surface area contributed by atoms with E-state index in [9.17, 15) is 9.18 Å². The fourth-order valence-corrected chi connectivity index (χ4v) is 4.97. The summed E-state index contributed by atoms with van der Waals surface area (Å²) in [5.41, 5.74) is 3.05. The SMILES string of the molecule is COc1cc(C(C)NC2CCC(c3ccc(C(=O)NC4CCNCC4)cc3)C2)ccc1F. The van der Waals surface area contributed by atoms with Crippen LogP contribution in [0.15, 0.2) is 42.5 Å². The minimum Gasteiger partial charge on any atom is -0.494 e. The van der Waals surface area contributed by atoms with Crippen molar-refractivity contribution >= 4 is 5.91 Å². The summed E-state index contributed by atoms with van der Waals surface area (Å²) in [6, 6.07) is 14.0. The van der Waals surface area contributed by atoms with Crippen molar-refractivity contribution in [2.45, 2.75) is 63.1 Å². The second kappa shape index (κ2) is 10.5. The van der Waals surface area contributed by atoms with E-state index in [0.717, 1.165) is 56.3 Å². The van der Waals surface area contributed by atoms with Gasteiger partial charge in [0.2, 0.25) is 0 Å². The largest absolute Gasteiger partial charge is 0.494 e. The van der Waals surface area contributed by atoms with Crippen molar-refractivity contribution in [3.63, 3.8) is 0 Å². The maximum absolute atomic E-state index is 13.7. The summed E-state index contributed by atoms with van der Waals surface area (Å²) >= 11 is 0. The average molecular weight is 440 g/mol. The highest BCUT2D eigenvalue weighted by Gasteiger charge is 2.27. The molecule has 5 nitrogen and oxygen atoms in total. The van der Waals surface area contributed by atoms with Crippen LogP contribution in [0.1, 0.15) is 72.5 Å². The standard InChI is InChI=1S/C26H34FN3O2/c1-17(20-8-10-24(27)25(16-20)32-2)29-23-9-7-21(15-23)18-3-5-19(6-4-18)26(31)30-22-11-13-28-14-12-22/h3-6,8,10,16-17,21-23,28-29H,7,9,11-15H2,1-2H3,(H,30,31). The Kier molecular flexibility index (Phi) is 7.43. The third-order valence-corrected chi connectivity index (χ3v) is 6.91. The topological polar surface area (TPSA) is 62.4 Å². The van der Waals surface area contributed by atoms with E-state index in [1.165, 1.54) is 18.7 Å². The van der Waals surface area contributed by atoms with Gasteiger partial charge < -0.3 is 20.7 Å². The van der Waals surface area contributed by atoms with Crippen molar-refractivity contribution in [3.8, 4) is 5.75 Å². The Labute approximate surface area is 190 Å². The summed E-state index contributed by atoms with van der Waals surface area (Å²) in [4.78, 5) is 12.5. The van der Waals surface area contributed by atoms with Gasteiger partial charge in [-0.05, 0) is 93.4 Å². The summed E-state index contributed by atoms with van der Waals surface area (Å²) in [5, 5.41) is 10.2. The zero-order chi connectivity index (χ0) is 22.5. The summed E-state index contributed by atoms with van der Waals surface area (Å²) in [6.45, 7) is 4.04. The Balaban J connectivity index is 1.30. The first-order valence-electron chi connectivity index (χ1n) is 11.7. The molecule has 3 unspecified atom stereocenters. The number of piperidine rings is 1. The van der Waals surface area contributed by atoms with E-state index in [2.05, 4.69) is 35.0 Å². The lowest BCUT2D eigenvalue weighted by atomic mass is 9.96. The second-order valence-electron chi connectivity index (χ2n) is 9.11. The van der Waals surface area contributed by atoms with Crippen molar-refractivity contribution in [2.24, 2.45) is 0 Å². The highest BCUT2D eigenvalue weighted by molar-refractivity contribution is 5.94. The predicted octanol–water partition coefficient (Wildman–Crippen LogP) is 4.30. The third-order valence-electron chi connectivity index (χ3n) is 6.91. The molecular weight excluding hydrogens is 405 g/mol. The molecule has 32 heavy (non-hydrogen) atoms. The molecule has 1 heterocycles. The van der Waals surface area contributed by atoms with Crippen LogP contribution in [0.25, 0.3) is 0 Å². The van der Waals surface area contributed by atoms with E-state index in [4.69, 9.17) is 4.74 Å². The molecule has 0 radical (unpaired) electrons. The maximum atomic E-state index is 13.7. The summed E-state index contributed by atoms with van der Waals surface area (Å²) in [5.74, 6) is 0.462. The van der Waals surface area contributed by atoms with Gasteiger partial charge in [0.25, 0.3) is 5.91 Å². The van der Waals surface area contributed by atoms with Gasteiger partial charge >= 0.3 is 0 Å². The number of carbonyl (C=O) groups excluding carboxylic acids is 1. The molecule has 172 valence electrons. The molecule has 6 heteroatoms. The van der Waals surface area contributed by atoms with Crippen LogP contribution in [0.5, 0.6) is 5.75 Å². The van der Waals surface area contributed by atoms with E-state index in [1.807, 2.05) is 18.2 Å². The zero-order valence-electron chi connectivity index (χ0n) is 19.0. The number of amides is 1. The van der Waals surface area contributed by atoms with Crippen molar-refractivity contribution in [1.82, 2.24) is 16.0 Å². The van der Waals surface area contributed by atoms with E-state index < -0.39 is 0 Å². The first-order valence-corrected chi connectivity index (χ1v) is 11.7. The van der Waals surface area contributed by atoms with Crippen molar-refractivity contribution in [2.75, 3.05) is 20.2 Å². The summed E-state index contributed by atoms with van der Waals surface area (Å²) < 4.78 is 18.8. The Morgan fingerprint density at radius 2 is 1.81 bits per heavy atom. The lowest BCUT2D eigenvalue weighted by molar-refractivity contribution is 0.0929. The van der Waals surface area contributed by atoms with Gasteiger partial charge in [0.1, 0.15) is 0 Å². The van der Waals surface area contributed by atoms with Gasteiger partial charge in [-0.3, -0.25) is 4.79 Å². The molecule has 2 aromatic carbocycles. The Hall–Kier alpha value is -2.44. The molecule has 1 aliphatic heterocycles. The molecule has 0 spiro atoms. The van der Waals surface area contributed by atoms with Crippen LogP contribution in [-0.2, 0) is 0 Å². The minimum atomic E-state index is -0.336. The van der Waals surface area contributed by atoms with Crippen LogP contribution >= 0.6 is 0 Å². The van der Waals surface area contributed by atoms with E-state index in [0.29, 0.717) is 12.0 Å². The Morgan fingerprint density at radius 3 is 2.53 bits per heavy atom. The number of halogens is 1. The number of ether oxygens (including phenoxy) is 1. The number of nitrogens with one attached hydrogen (secondary N) is 3. The first kappa shape index (κ1) is 22.7. The number of methoxy groups -OCH3 is 1. The molecule has 1 amide bonds. The highest BCUT2D eigenvalue weighted by atomic mass is 19.1. The monoisotopic (exact) mass is 439 g/mol.